The summed E-state index contributed by atoms with van der Waals surface area (Å²) in [4.78, 5) is 23.4. The van der Waals surface area contributed by atoms with Crippen LogP contribution in [-0.2, 0) is 9.59 Å². The van der Waals surface area contributed by atoms with Crippen molar-refractivity contribution in [1.82, 2.24) is 5.32 Å². The molecule has 2 aromatic rings. The largest absolute Gasteiger partial charge is 0.481 e. The van der Waals surface area contributed by atoms with Gasteiger partial charge in [-0.2, -0.15) is 0 Å². The van der Waals surface area contributed by atoms with Crippen molar-refractivity contribution < 1.29 is 14.7 Å². The van der Waals surface area contributed by atoms with E-state index in [1.54, 1.807) is 0 Å². The smallest absolute Gasteiger partial charge is 0.305 e. The quantitative estimate of drug-likeness (QED) is 0.814. The number of hydrogen-bond acceptors (Lipinski definition) is 2. The molecular formula is C19H23NO3. The molecule has 0 saturated heterocycles. The van der Waals surface area contributed by atoms with E-state index in [-0.39, 0.29) is 18.2 Å². The summed E-state index contributed by atoms with van der Waals surface area (Å²) >= 11 is 0. The Balaban J connectivity index is 2.30. The van der Waals surface area contributed by atoms with Gasteiger partial charge in [-0.3, -0.25) is 9.59 Å². The molecule has 23 heavy (non-hydrogen) atoms. The number of hydrogen-bond donors (Lipinski definition) is 2. The maximum absolute atomic E-state index is 12.2. The van der Waals surface area contributed by atoms with E-state index in [4.69, 9.17) is 0 Å². The molecule has 0 aliphatic heterocycles. The van der Waals surface area contributed by atoms with Gasteiger partial charge in [0.15, 0.2) is 0 Å². The molecule has 0 spiro atoms. The summed E-state index contributed by atoms with van der Waals surface area (Å²) in [5.41, 5.74) is 0.850. The predicted molar refractivity (Wildman–Crippen MR) is 91.2 cm³/mol. The Morgan fingerprint density at radius 3 is 2.48 bits per heavy atom. The Hall–Kier alpha value is -2.36. The average Bonchev–Trinajstić information content (AvgIpc) is 2.53. The van der Waals surface area contributed by atoms with Gasteiger partial charge >= 0.3 is 5.97 Å². The van der Waals surface area contributed by atoms with Crippen LogP contribution in [0.5, 0.6) is 0 Å². The van der Waals surface area contributed by atoms with Crippen LogP contribution in [0.3, 0.4) is 0 Å². The molecule has 2 atom stereocenters. The summed E-state index contributed by atoms with van der Waals surface area (Å²) in [5.74, 6) is -0.738. The average molecular weight is 313 g/mol. The van der Waals surface area contributed by atoms with Crippen molar-refractivity contribution >= 4 is 22.6 Å². The van der Waals surface area contributed by atoms with E-state index in [1.807, 2.05) is 56.3 Å². The summed E-state index contributed by atoms with van der Waals surface area (Å²) in [6, 6.07) is 13.1. The van der Waals surface area contributed by atoms with Crippen LogP contribution in [0.4, 0.5) is 0 Å². The molecule has 2 N–H and O–H groups in total. The van der Waals surface area contributed by atoms with Gasteiger partial charge < -0.3 is 10.4 Å². The Morgan fingerprint density at radius 1 is 1.09 bits per heavy atom. The van der Waals surface area contributed by atoms with Crippen LogP contribution in [0.2, 0.25) is 0 Å². The molecule has 2 aromatic carbocycles. The standard InChI is InChI=1S/C19H23NO3/c1-3-13(2)11-18(21)20-17(12-19(22)23)16-10-6-8-14-7-4-5-9-15(14)16/h4-10,13,17H,3,11-12H2,1-2H3,(H,20,21)(H,22,23)/t13?,17-/m1/s1. The third-order valence-corrected chi connectivity index (χ3v) is 4.14. The summed E-state index contributed by atoms with van der Waals surface area (Å²) in [7, 11) is 0. The molecule has 0 aromatic heterocycles. The lowest BCUT2D eigenvalue weighted by Crippen LogP contribution is -2.31. The number of aliphatic carboxylic acids is 1. The second-order valence-electron chi connectivity index (χ2n) is 6.00. The second-order valence-corrected chi connectivity index (χ2v) is 6.00. The zero-order valence-electron chi connectivity index (χ0n) is 13.6. The first-order valence-electron chi connectivity index (χ1n) is 8.00. The first-order chi connectivity index (χ1) is 11.0. The number of carboxylic acid groups (broad SMARTS) is 1. The number of benzene rings is 2. The Kier molecular flexibility index (Phi) is 5.74. The first kappa shape index (κ1) is 17.0. The fourth-order valence-electron chi connectivity index (χ4n) is 2.68. The summed E-state index contributed by atoms with van der Waals surface area (Å²) in [6.45, 7) is 4.06. The maximum atomic E-state index is 12.2. The highest BCUT2D eigenvalue weighted by molar-refractivity contribution is 5.87. The minimum Gasteiger partial charge on any atom is -0.481 e. The number of carboxylic acids is 1. The molecule has 122 valence electrons. The zero-order chi connectivity index (χ0) is 16.8. The van der Waals surface area contributed by atoms with Crippen LogP contribution in [0, 0.1) is 5.92 Å². The van der Waals surface area contributed by atoms with Gasteiger partial charge in [0.1, 0.15) is 0 Å². The highest BCUT2D eigenvalue weighted by atomic mass is 16.4. The highest BCUT2D eigenvalue weighted by Crippen LogP contribution is 2.26. The third-order valence-electron chi connectivity index (χ3n) is 4.14. The fourth-order valence-corrected chi connectivity index (χ4v) is 2.68. The van der Waals surface area contributed by atoms with Crippen molar-refractivity contribution in [3.8, 4) is 0 Å². The molecule has 1 unspecified atom stereocenters. The normalized spacial score (nSPS) is 13.5. The lowest BCUT2D eigenvalue weighted by Gasteiger charge is -2.20. The van der Waals surface area contributed by atoms with E-state index in [2.05, 4.69) is 5.32 Å². The molecule has 0 aliphatic rings. The zero-order valence-corrected chi connectivity index (χ0v) is 13.6. The van der Waals surface area contributed by atoms with Gasteiger partial charge in [-0.05, 0) is 22.3 Å². The van der Waals surface area contributed by atoms with Gasteiger partial charge in [0.2, 0.25) is 5.91 Å². The number of fused-ring (bicyclic) bond motifs is 1. The van der Waals surface area contributed by atoms with Crippen molar-refractivity contribution in [2.24, 2.45) is 5.92 Å². The molecule has 0 aliphatic carbocycles. The number of amides is 1. The molecule has 0 saturated carbocycles. The third kappa shape index (κ3) is 4.55. The van der Waals surface area contributed by atoms with E-state index >= 15 is 0 Å². The topological polar surface area (TPSA) is 66.4 Å². The first-order valence-corrected chi connectivity index (χ1v) is 8.00. The molecular weight excluding hydrogens is 290 g/mol. The minimum atomic E-state index is -0.924. The molecule has 2 rings (SSSR count). The van der Waals surface area contributed by atoms with Gasteiger partial charge in [-0.15, -0.1) is 0 Å². The molecule has 0 radical (unpaired) electrons. The molecule has 0 fully saturated rings. The molecule has 4 nitrogen and oxygen atoms in total. The van der Waals surface area contributed by atoms with E-state index in [0.29, 0.717) is 6.42 Å². The lowest BCUT2D eigenvalue weighted by atomic mass is 9.96. The van der Waals surface area contributed by atoms with Gasteiger partial charge in [-0.1, -0.05) is 62.7 Å². The van der Waals surface area contributed by atoms with Crippen LogP contribution < -0.4 is 5.32 Å². The van der Waals surface area contributed by atoms with Crippen LogP contribution >= 0.6 is 0 Å². The lowest BCUT2D eigenvalue weighted by molar-refractivity contribution is -0.137. The van der Waals surface area contributed by atoms with E-state index in [0.717, 1.165) is 22.8 Å². The number of nitrogens with one attached hydrogen (secondary N) is 1. The van der Waals surface area contributed by atoms with Crippen molar-refractivity contribution in [1.29, 1.82) is 0 Å². The van der Waals surface area contributed by atoms with Crippen molar-refractivity contribution in [3.63, 3.8) is 0 Å². The summed E-state index contributed by atoms with van der Waals surface area (Å²) < 4.78 is 0. The van der Waals surface area contributed by atoms with E-state index < -0.39 is 12.0 Å². The van der Waals surface area contributed by atoms with E-state index in [9.17, 15) is 14.7 Å². The summed E-state index contributed by atoms with van der Waals surface area (Å²) in [6.07, 6.45) is 1.21. The van der Waals surface area contributed by atoms with Gasteiger partial charge in [0, 0.05) is 6.42 Å². The van der Waals surface area contributed by atoms with E-state index in [1.165, 1.54) is 0 Å². The van der Waals surface area contributed by atoms with Crippen molar-refractivity contribution in [2.45, 2.75) is 39.2 Å². The fraction of sp³-hybridized carbons (Fsp3) is 0.368. The summed E-state index contributed by atoms with van der Waals surface area (Å²) in [5, 5.41) is 14.1. The van der Waals surface area contributed by atoms with Crippen LogP contribution in [-0.4, -0.2) is 17.0 Å². The minimum absolute atomic E-state index is 0.0986. The Morgan fingerprint density at radius 2 is 1.78 bits per heavy atom. The SMILES string of the molecule is CCC(C)CC(=O)N[C@H](CC(=O)O)c1cccc2ccccc12. The van der Waals surface area contributed by atoms with Gasteiger partial charge in [-0.25, -0.2) is 0 Å². The maximum Gasteiger partial charge on any atom is 0.305 e. The van der Waals surface area contributed by atoms with Crippen molar-refractivity contribution in [2.75, 3.05) is 0 Å². The van der Waals surface area contributed by atoms with Crippen molar-refractivity contribution in [3.05, 3.63) is 48.0 Å². The molecule has 4 heteroatoms. The Labute approximate surface area is 136 Å². The number of carbonyl (C=O) groups is 2. The number of carbonyl (C=O) groups excluding carboxylic acids is 1. The molecule has 0 bridgehead atoms. The van der Waals surface area contributed by atoms with Crippen LogP contribution in [0.1, 0.15) is 44.7 Å². The molecule has 0 heterocycles. The molecule has 1 amide bonds. The monoisotopic (exact) mass is 313 g/mol. The van der Waals surface area contributed by atoms with Crippen LogP contribution in [0.15, 0.2) is 42.5 Å². The Bertz CT molecular complexity index is 691. The van der Waals surface area contributed by atoms with Crippen LogP contribution in [0.25, 0.3) is 10.8 Å². The second kappa shape index (κ2) is 7.77. The van der Waals surface area contributed by atoms with Gasteiger partial charge in [0.25, 0.3) is 0 Å². The highest BCUT2D eigenvalue weighted by Gasteiger charge is 2.20. The predicted octanol–water partition coefficient (Wildman–Crippen LogP) is 3.91. The number of rotatable bonds is 7. The van der Waals surface area contributed by atoms with Gasteiger partial charge in [0.05, 0.1) is 12.5 Å².